The summed E-state index contributed by atoms with van der Waals surface area (Å²) >= 11 is 0. The molecule has 0 aromatic heterocycles. The number of aliphatic hydroxyl groups excluding tert-OH is 1. The predicted octanol–water partition coefficient (Wildman–Crippen LogP) is 0.558. The van der Waals surface area contributed by atoms with Crippen LogP contribution in [0, 0.1) is 0 Å². The molecule has 2 atom stereocenters. The van der Waals surface area contributed by atoms with Crippen molar-refractivity contribution in [2.75, 3.05) is 13.1 Å². The van der Waals surface area contributed by atoms with Gasteiger partial charge in [-0.15, -0.1) is 0 Å². The predicted molar refractivity (Wildman–Crippen MR) is 57.4 cm³/mol. The van der Waals surface area contributed by atoms with Gasteiger partial charge in [-0.05, 0) is 6.42 Å². The van der Waals surface area contributed by atoms with Gasteiger partial charge in [0.25, 0.3) is 0 Å². The van der Waals surface area contributed by atoms with E-state index in [2.05, 4.69) is 5.32 Å². The molecule has 19 heavy (non-hydrogen) atoms. The number of carboxylic acids is 1. The van der Waals surface area contributed by atoms with E-state index in [1.54, 1.807) is 0 Å². The van der Waals surface area contributed by atoms with Gasteiger partial charge in [0.15, 0.2) is 0 Å². The van der Waals surface area contributed by atoms with Gasteiger partial charge in [-0.2, -0.15) is 13.2 Å². The van der Waals surface area contributed by atoms with E-state index < -0.39 is 36.7 Å². The molecule has 0 saturated carbocycles. The maximum Gasteiger partial charge on any atom is 0.389 e. The van der Waals surface area contributed by atoms with Crippen molar-refractivity contribution >= 4 is 12.0 Å². The zero-order valence-corrected chi connectivity index (χ0v) is 9.98. The molecule has 1 aliphatic heterocycles. The summed E-state index contributed by atoms with van der Waals surface area (Å²) in [5.74, 6) is -1.25. The van der Waals surface area contributed by atoms with Crippen LogP contribution in [0.3, 0.4) is 0 Å². The molecule has 0 aromatic rings. The number of hydrogen-bond acceptors (Lipinski definition) is 3. The van der Waals surface area contributed by atoms with Crippen molar-refractivity contribution in [2.45, 2.75) is 37.6 Å². The van der Waals surface area contributed by atoms with Crippen molar-refractivity contribution in [1.29, 1.82) is 0 Å². The van der Waals surface area contributed by atoms with Crippen molar-refractivity contribution in [3.63, 3.8) is 0 Å². The molecule has 0 bridgehead atoms. The maximum atomic E-state index is 11.9. The van der Waals surface area contributed by atoms with Crippen LogP contribution in [0.15, 0.2) is 0 Å². The Morgan fingerprint density at radius 2 is 2.00 bits per heavy atom. The standard InChI is InChI=1S/C10H15F3N2O4/c11-10(12,13)2-1-3-14-9(19)15-5-6(16)4-7(15)8(17)18/h6-7,16H,1-5H2,(H,14,19)(H,17,18)/t6-,7-/m0/s1. The van der Waals surface area contributed by atoms with Crippen LogP contribution in [-0.2, 0) is 4.79 Å². The highest BCUT2D eigenvalue weighted by molar-refractivity contribution is 5.83. The number of β-amino-alcohol motifs (C(OH)–C–C–N with tert-alkyl or cyclic N) is 1. The number of rotatable bonds is 4. The number of aliphatic hydroxyl groups is 1. The van der Waals surface area contributed by atoms with Gasteiger partial charge in [0.1, 0.15) is 6.04 Å². The Morgan fingerprint density at radius 1 is 1.37 bits per heavy atom. The number of carbonyl (C=O) groups excluding carboxylic acids is 1. The fourth-order valence-electron chi connectivity index (χ4n) is 1.86. The van der Waals surface area contributed by atoms with Crippen LogP contribution in [0.4, 0.5) is 18.0 Å². The molecule has 1 fully saturated rings. The zero-order valence-electron chi connectivity index (χ0n) is 9.98. The largest absolute Gasteiger partial charge is 0.480 e. The van der Waals surface area contributed by atoms with Crippen molar-refractivity contribution in [3.05, 3.63) is 0 Å². The quantitative estimate of drug-likeness (QED) is 0.658. The van der Waals surface area contributed by atoms with E-state index in [9.17, 15) is 27.9 Å². The summed E-state index contributed by atoms with van der Waals surface area (Å²) in [6, 6.07) is -1.91. The van der Waals surface area contributed by atoms with Crippen molar-refractivity contribution in [1.82, 2.24) is 10.2 Å². The zero-order chi connectivity index (χ0) is 14.6. The lowest BCUT2D eigenvalue weighted by Gasteiger charge is -2.21. The minimum atomic E-state index is -4.28. The third-order valence-corrected chi connectivity index (χ3v) is 2.74. The number of carbonyl (C=O) groups is 2. The van der Waals surface area contributed by atoms with Crippen molar-refractivity contribution < 1.29 is 33.0 Å². The van der Waals surface area contributed by atoms with Crippen LogP contribution in [0.25, 0.3) is 0 Å². The molecular formula is C10H15F3N2O4. The van der Waals surface area contributed by atoms with Crippen LogP contribution in [-0.4, -0.2) is 58.5 Å². The number of aliphatic carboxylic acids is 1. The maximum absolute atomic E-state index is 11.9. The third-order valence-electron chi connectivity index (χ3n) is 2.74. The Bertz CT molecular complexity index is 348. The van der Waals surface area contributed by atoms with Crippen LogP contribution in [0.5, 0.6) is 0 Å². The van der Waals surface area contributed by atoms with Crippen LogP contribution >= 0.6 is 0 Å². The smallest absolute Gasteiger partial charge is 0.389 e. The Labute approximate surface area is 107 Å². The van der Waals surface area contributed by atoms with E-state index in [-0.39, 0.29) is 25.9 Å². The van der Waals surface area contributed by atoms with Gasteiger partial charge in [0, 0.05) is 25.9 Å². The fraction of sp³-hybridized carbons (Fsp3) is 0.800. The molecule has 6 nitrogen and oxygen atoms in total. The molecule has 0 spiro atoms. The van der Waals surface area contributed by atoms with E-state index in [1.165, 1.54) is 0 Å². The highest BCUT2D eigenvalue weighted by Crippen LogP contribution is 2.21. The van der Waals surface area contributed by atoms with Crippen LogP contribution in [0.2, 0.25) is 0 Å². The Morgan fingerprint density at radius 3 is 2.53 bits per heavy atom. The van der Waals surface area contributed by atoms with E-state index >= 15 is 0 Å². The minimum Gasteiger partial charge on any atom is -0.480 e. The number of urea groups is 1. The van der Waals surface area contributed by atoms with Crippen LogP contribution in [0.1, 0.15) is 19.3 Å². The lowest BCUT2D eigenvalue weighted by molar-refractivity contribution is -0.141. The number of likely N-dealkylation sites (tertiary alicyclic amines) is 1. The molecule has 1 rings (SSSR count). The van der Waals surface area contributed by atoms with Gasteiger partial charge < -0.3 is 20.4 Å². The fourth-order valence-corrected chi connectivity index (χ4v) is 1.86. The molecule has 1 aliphatic rings. The molecule has 0 aliphatic carbocycles. The summed E-state index contributed by atoms with van der Waals surface area (Å²) in [7, 11) is 0. The summed E-state index contributed by atoms with van der Waals surface area (Å²) in [4.78, 5) is 23.3. The van der Waals surface area contributed by atoms with Crippen LogP contribution < -0.4 is 5.32 Å². The van der Waals surface area contributed by atoms with E-state index in [4.69, 9.17) is 5.11 Å². The average Bonchev–Trinajstić information content (AvgIpc) is 2.65. The summed E-state index contributed by atoms with van der Waals surface area (Å²) in [5.41, 5.74) is 0. The first-order chi connectivity index (χ1) is 8.70. The Balaban J connectivity index is 2.38. The number of amides is 2. The molecule has 1 heterocycles. The molecule has 0 radical (unpaired) electrons. The summed E-state index contributed by atoms with van der Waals surface area (Å²) in [5, 5.41) is 20.4. The molecule has 3 N–H and O–H groups in total. The number of nitrogens with one attached hydrogen (secondary N) is 1. The first kappa shape index (κ1) is 15.5. The number of alkyl halides is 3. The normalized spacial score (nSPS) is 23.5. The van der Waals surface area contributed by atoms with E-state index in [0.29, 0.717) is 0 Å². The van der Waals surface area contributed by atoms with Gasteiger partial charge in [0.05, 0.1) is 6.10 Å². The summed E-state index contributed by atoms with van der Waals surface area (Å²) in [6.07, 6.45) is -6.58. The van der Waals surface area contributed by atoms with Gasteiger partial charge in [0.2, 0.25) is 0 Å². The van der Waals surface area contributed by atoms with Crippen molar-refractivity contribution in [3.8, 4) is 0 Å². The second-order valence-corrected chi connectivity index (χ2v) is 4.35. The van der Waals surface area contributed by atoms with Gasteiger partial charge in [-0.1, -0.05) is 0 Å². The highest BCUT2D eigenvalue weighted by Gasteiger charge is 2.38. The topological polar surface area (TPSA) is 89.9 Å². The second-order valence-electron chi connectivity index (χ2n) is 4.35. The molecular weight excluding hydrogens is 269 g/mol. The number of hydrogen-bond donors (Lipinski definition) is 3. The summed E-state index contributed by atoms with van der Waals surface area (Å²) in [6.45, 7) is -0.334. The number of carboxylic acid groups (broad SMARTS) is 1. The molecule has 0 unspecified atom stereocenters. The molecule has 9 heteroatoms. The lowest BCUT2D eigenvalue weighted by atomic mass is 10.2. The minimum absolute atomic E-state index is 0.0781. The number of nitrogens with zero attached hydrogens (tertiary/aromatic N) is 1. The molecule has 110 valence electrons. The average molecular weight is 284 g/mol. The Hall–Kier alpha value is -1.51. The van der Waals surface area contributed by atoms with Gasteiger partial charge in [-0.25, -0.2) is 9.59 Å². The first-order valence-electron chi connectivity index (χ1n) is 5.73. The molecule has 0 aromatic carbocycles. The SMILES string of the molecule is O=C(O)[C@@H]1C[C@H](O)CN1C(=O)NCCCC(F)(F)F. The first-order valence-corrected chi connectivity index (χ1v) is 5.73. The van der Waals surface area contributed by atoms with Gasteiger partial charge in [-0.3, -0.25) is 0 Å². The van der Waals surface area contributed by atoms with Gasteiger partial charge >= 0.3 is 18.2 Å². The number of halogens is 3. The lowest BCUT2D eigenvalue weighted by Crippen LogP contribution is -2.46. The van der Waals surface area contributed by atoms with E-state index in [0.717, 1.165) is 4.90 Å². The van der Waals surface area contributed by atoms with Crippen molar-refractivity contribution in [2.24, 2.45) is 0 Å². The van der Waals surface area contributed by atoms with E-state index in [1.807, 2.05) is 0 Å². The Kier molecular flexibility index (Phi) is 4.98. The highest BCUT2D eigenvalue weighted by atomic mass is 19.4. The second kappa shape index (κ2) is 6.09. The monoisotopic (exact) mass is 284 g/mol. The molecule has 2 amide bonds. The third kappa shape index (κ3) is 4.93. The summed E-state index contributed by atoms with van der Waals surface area (Å²) < 4.78 is 35.6. The molecule has 1 saturated heterocycles.